The molecule has 0 atom stereocenters. The average Bonchev–Trinajstić information content (AvgIpc) is 3.32. The number of Topliss-reactive ketones (excluding diaryl/α,β-unsaturated/α-hetero) is 1. The van der Waals surface area contributed by atoms with Crippen LogP contribution in [-0.4, -0.2) is 61.7 Å². The van der Waals surface area contributed by atoms with E-state index in [4.69, 9.17) is 40.1 Å². The van der Waals surface area contributed by atoms with Crippen LogP contribution in [-0.2, 0) is 71.5 Å². The molecule has 6 rings (SSSR count). The fraction of sp³-hybridized carbons (Fsp3) is 0.410. The summed E-state index contributed by atoms with van der Waals surface area (Å²) in [6, 6.07) is 27.6. The molecular weight excluding hydrogens is 1320 g/mol. The van der Waals surface area contributed by atoms with Crippen molar-refractivity contribution < 1.29 is 60.0 Å². The number of hydrogen-bond donors (Lipinski definition) is 2. The molecule has 4 aromatic heterocycles. The van der Waals surface area contributed by atoms with E-state index in [1.54, 1.807) is 31.5 Å². The summed E-state index contributed by atoms with van der Waals surface area (Å²) >= 11 is 0. The second kappa shape index (κ2) is 28.2. The minimum Gasteiger partial charge on any atom is -0.512 e. The van der Waals surface area contributed by atoms with Crippen LogP contribution in [0.1, 0.15) is 172 Å². The maximum atomic E-state index is 11.0. The van der Waals surface area contributed by atoms with Gasteiger partial charge in [0.15, 0.2) is 11.6 Å². The molecule has 0 saturated heterocycles. The monoisotopic (exact) mass is 1400 g/mol. The van der Waals surface area contributed by atoms with E-state index in [9.17, 15) is 20.1 Å². The van der Waals surface area contributed by atoms with E-state index in [0.717, 1.165) is 62.5 Å². The largest absolute Gasteiger partial charge is 0.512 e. The van der Waals surface area contributed by atoms with Gasteiger partial charge in [-0.3, -0.25) is 19.6 Å². The summed E-state index contributed by atoms with van der Waals surface area (Å²) in [5, 5.41) is 36.4. The van der Waals surface area contributed by atoms with Gasteiger partial charge >= 0.3 is 0 Å². The van der Waals surface area contributed by atoms with Gasteiger partial charge in [-0.25, -0.2) is 40.4 Å². The van der Waals surface area contributed by atoms with Crippen molar-refractivity contribution in [2.75, 3.05) is 0 Å². The smallest absolute Gasteiger partial charge is 0.164 e. The molecule has 0 amide bonds. The number of aryl methyl sites for hydroxylation is 1. The number of benzene rings is 2. The fourth-order valence-corrected chi connectivity index (χ4v) is 6.01. The van der Waals surface area contributed by atoms with E-state index < -0.39 is 0 Å². The van der Waals surface area contributed by atoms with Crippen molar-refractivity contribution in [2.45, 2.75) is 160 Å². The Morgan fingerprint density at radius 2 is 0.935 bits per heavy atom. The molecule has 0 bridgehead atoms. The number of aromatic nitrogens is 8. The van der Waals surface area contributed by atoms with Crippen LogP contribution >= 0.6 is 0 Å². The number of aliphatic hydroxyl groups excluding tert-OH is 2. The molecule has 4 heterocycles. The molecule has 0 unspecified atom stereocenters. The first kappa shape index (κ1) is 68.5. The Morgan fingerprint density at radius 1 is 0.545 bits per heavy atom. The van der Waals surface area contributed by atoms with E-state index in [2.05, 4.69) is 117 Å². The van der Waals surface area contributed by atoms with E-state index in [-0.39, 0.29) is 90.4 Å². The maximum absolute atomic E-state index is 11.0. The van der Waals surface area contributed by atoms with Crippen molar-refractivity contribution in [3.8, 4) is 57.4 Å². The number of allylic oxidation sites excluding steroid dienone is 4. The molecule has 0 fully saturated rings. The van der Waals surface area contributed by atoms with Crippen molar-refractivity contribution in [1.29, 1.82) is 10.5 Å². The number of pyridine rings is 2. The normalized spacial score (nSPS) is 11.9. The molecule has 2 aromatic carbocycles. The van der Waals surface area contributed by atoms with E-state index in [1.807, 2.05) is 70.2 Å². The molecule has 412 valence electrons. The third-order valence-corrected chi connectivity index (χ3v) is 10.7. The number of nitriles is 2. The molecule has 0 aliphatic rings. The standard InChI is InChI=1S/C24H26N5.C23H24N5.C8H14O2.C6H10O2.2Ir/c1-15-8-9-26-19(10-15)17-11-16(14-25)12-18(13-17)20-27-21(23(2,3)4)29-22(28-20)24(5,6)7;1-22(2,3)20-26-19(27-21(28-20)23(4,5)6)17-12-15(14-24)11-16(13-17)18-9-7-8-10-25-18;1-6(9)5-7(10)8(2,3)4;1-4(5(2)7)6(3)8;;/h8-10,12-13H,1-7H3;7-10,12-13H,1-6H3;5,9H,1-4H3;7H,1-3H3;;/q2*-1;;;;. The molecule has 77 heavy (non-hydrogen) atoms. The third-order valence-electron chi connectivity index (χ3n) is 10.7. The summed E-state index contributed by atoms with van der Waals surface area (Å²) in [5.74, 6) is 4.10. The van der Waals surface area contributed by atoms with Crippen LogP contribution in [0.2, 0.25) is 0 Å². The molecule has 16 heteroatoms. The summed E-state index contributed by atoms with van der Waals surface area (Å²) < 4.78 is 0. The number of carbonyl (C=O) groups excluding carboxylic acids is 2. The van der Waals surface area contributed by atoms with Gasteiger partial charge in [-0.2, -0.15) is 0 Å². The van der Waals surface area contributed by atoms with Gasteiger partial charge in [0.2, 0.25) is 0 Å². The molecular formula is C61H74Ir2N10O4-2. The topological polar surface area (TPSA) is 225 Å². The fourth-order valence-electron chi connectivity index (χ4n) is 6.01. The van der Waals surface area contributed by atoms with Crippen molar-refractivity contribution in [3.63, 3.8) is 0 Å². The summed E-state index contributed by atoms with van der Waals surface area (Å²) in [7, 11) is 0. The minimum absolute atomic E-state index is 0. The number of nitrogens with zero attached hydrogens (tertiary/aromatic N) is 10. The molecule has 0 aliphatic heterocycles. The molecule has 0 saturated carbocycles. The van der Waals surface area contributed by atoms with Gasteiger partial charge in [0, 0.05) is 103 Å². The summed E-state index contributed by atoms with van der Waals surface area (Å²) in [6.07, 6.45) is 4.73. The van der Waals surface area contributed by atoms with Crippen LogP contribution in [0.4, 0.5) is 0 Å². The molecule has 2 radical (unpaired) electrons. The van der Waals surface area contributed by atoms with Crippen molar-refractivity contribution in [1.82, 2.24) is 39.9 Å². The zero-order valence-corrected chi connectivity index (χ0v) is 53.1. The Bertz CT molecular complexity index is 3090. The minimum atomic E-state index is -0.385. The first-order chi connectivity index (χ1) is 34.4. The van der Waals surface area contributed by atoms with Gasteiger partial charge in [-0.1, -0.05) is 150 Å². The number of rotatable bonds is 6. The molecule has 0 spiro atoms. The van der Waals surface area contributed by atoms with Crippen LogP contribution < -0.4 is 0 Å². The van der Waals surface area contributed by atoms with Crippen LogP contribution in [0.5, 0.6) is 0 Å². The van der Waals surface area contributed by atoms with Crippen molar-refractivity contribution >= 4 is 11.6 Å². The Labute approximate surface area is 484 Å². The molecule has 14 nitrogen and oxygen atoms in total. The molecule has 0 aliphatic carbocycles. The van der Waals surface area contributed by atoms with Gasteiger partial charge in [-0.15, -0.1) is 36.4 Å². The predicted octanol–water partition coefficient (Wildman–Crippen LogP) is 13.5. The third kappa shape index (κ3) is 21.4. The quantitative estimate of drug-likeness (QED) is 0.0899. The number of aliphatic hydroxyl groups is 2. The second-order valence-electron chi connectivity index (χ2n) is 23.3. The van der Waals surface area contributed by atoms with Gasteiger partial charge in [0.05, 0.1) is 11.5 Å². The Kier molecular flexibility index (Phi) is 25.1. The maximum Gasteiger partial charge on any atom is 0.164 e. The molecule has 2 N–H and O–H groups in total. The summed E-state index contributed by atoms with van der Waals surface area (Å²) in [6.45, 7) is 38.4. The first-order valence-corrected chi connectivity index (χ1v) is 24.6. The van der Waals surface area contributed by atoms with E-state index in [0.29, 0.717) is 28.3 Å². The Morgan fingerprint density at radius 3 is 1.21 bits per heavy atom. The van der Waals surface area contributed by atoms with Crippen LogP contribution in [0.25, 0.3) is 45.3 Å². The number of ketones is 2. The van der Waals surface area contributed by atoms with Crippen LogP contribution in [0.15, 0.2) is 90.2 Å². The number of carbonyl (C=O) groups is 2. The van der Waals surface area contributed by atoms with Gasteiger partial charge < -0.3 is 10.2 Å². The van der Waals surface area contributed by atoms with Crippen LogP contribution in [0.3, 0.4) is 0 Å². The zero-order valence-electron chi connectivity index (χ0n) is 48.3. The zero-order chi connectivity index (χ0) is 57.0. The van der Waals surface area contributed by atoms with Crippen LogP contribution in [0, 0.1) is 47.1 Å². The Balaban J connectivity index is 0.000000575. The van der Waals surface area contributed by atoms with Gasteiger partial charge in [-0.05, 0) is 70.0 Å². The SMILES string of the molecule is CC(=O)C(C)=C(C)O.CC(C)(C)c1nc(-c2cc(C#N)[c-]c(-c3ccccn3)c2)nc(C(C)(C)C)n1.CC(O)=CC(=O)C(C)(C)C.Cc1ccnc(-c2[c-]c(C#N)cc(-c3nc(C(C)(C)C)nc(C(C)(C)C)n3)c2)c1.[Ir].[Ir]. The van der Waals surface area contributed by atoms with E-state index >= 15 is 0 Å². The summed E-state index contributed by atoms with van der Waals surface area (Å²) in [4.78, 5) is 58.6. The first-order valence-electron chi connectivity index (χ1n) is 24.6. The van der Waals surface area contributed by atoms with E-state index in [1.165, 1.54) is 26.8 Å². The Hall–Kier alpha value is -6.54. The van der Waals surface area contributed by atoms with Crippen molar-refractivity contribution in [2.24, 2.45) is 5.41 Å². The number of hydrogen-bond acceptors (Lipinski definition) is 14. The predicted molar refractivity (Wildman–Crippen MR) is 296 cm³/mol. The van der Waals surface area contributed by atoms with Crippen molar-refractivity contribution in [3.05, 3.63) is 142 Å². The summed E-state index contributed by atoms with van der Waals surface area (Å²) in [5.41, 5.74) is 5.63. The molecule has 6 aromatic rings. The average molecular weight is 1400 g/mol. The van der Waals surface area contributed by atoms with Gasteiger partial charge in [0.1, 0.15) is 34.9 Å². The second-order valence-corrected chi connectivity index (χ2v) is 23.3. The van der Waals surface area contributed by atoms with Gasteiger partial charge in [0.25, 0.3) is 0 Å².